The number of methoxy groups -OCH3 is 1. The van der Waals surface area contributed by atoms with Crippen molar-refractivity contribution in [1.82, 2.24) is 0 Å². The smallest absolute Gasteiger partial charge is 0.269 e. The van der Waals surface area contributed by atoms with Crippen LogP contribution >= 0.6 is 15.9 Å². The summed E-state index contributed by atoms with van der Waals surface area (Å²) in [5.74, 6) is 1.08. The van der Waals surface area contributed by atoms with Gasteiger partial charge in [-0.1, -0.05) is 6.07 Å². The molecule has 6 nitrogen and oxygen atoms in total. The number of hydrogen-bond donors (Lipinski definition) is 1. The van der Waals surface area contributed by atoms with E-state index >= 15 is 0 Å². The zero-order valence-corrected chi connectivity index (χ0v) is 12.8. The van der Waals surface area contributed by atoms with E-state index in [0.717, 1.165) is 4.47 Å². The fourth-order valence-electron chi connectivity index (χ4n) is 1.77. The first-order valence-electron chi connectivity index (χ1n) is 6.01. The molecule has 2 rings (SSSR count). The van der Waals surface area contributed by atoms with Crippen molar-refractivity contribution in [2.75, 3.05) is 12.8 Å². The van der Waals surface area contributed by atoms with Crippen LogP contribution in [-0.4, -0.2) is 12.0 Å². The molecule has 0 spiro atoms. The van der Waals surface area contributed by atoms with Crippen molar-refractivity contribution < 1.29 is 14.4 Å². The van der Waals surface area contributed by atoms with Crippen molar-refractivity contribution >= 4 is 27.3 Å². The van der Waals surface area contributed by atoms with E-state index in [4.69, 9.17) is 15.2 Å². The van der Waals surface area contributed by atoms with Crippen molar-refractivity contribution in [3.8, 4) is 11.5 Å². The molecule has 0 heterocycles. The SMILES string of the molecule is COc1cccc(Br)c1OCc1cc([N+](=O)[O-])ccc1N. The van der Waals surface area contributed by atoms with Crippen LogP contribution in [0.5, 0.6) is 11.5 Å². The summed E-state index contributed by atoms with van der Waals surface area (Å²) >= 11 is 3.37. The minimum atomic E-state index is -0.470. The number of hydrogen-bond acceptors (Lipinski definition) is 5. The molecule has 0 fully saturated rings. The Bertz CT molecular complexity index is 676. The molecule has 0 aliphatic carbocycles. The molecule has 7 heteroatoms. The third-order valence-electron chi connectivity index (χ3n) is 2.86. The first-order chi connectivity index (χ1) is 10.0. The average molecular weight is 353 g/mol. The van der Waals surface area contributed by atoms with E-state index in [9.17, 15) is 10.1 Å². The van der Waals surface area contributed by atoms with Gasteiger partial charge in [-0.15, -0.1) is 0 Å². The number of non-ortho nitro benzene ring substituents is 1. The molecule has 110 valence electrons. The van der Waals surface area contributed by atoms with Crippen LogP contribution in [0.4, 0.5) is 11.4 Å². The van der Waals surface area contributed by atoms with Crippen LogP contribution in [0.1, 0.15) is 5.56 Å². The van der Waals surface area contributed by atoms with Gasteiger partial charge in [0.25, 0.3) is 5.69 Å². The first-order valence-corrected chi connectivity index (χ1v) is 6.80. The van der Waals surface area contributed by atoms with Crippen molar-refractivity contribution in [3.63, 3.8) is 0 Å². The lowest BCUT2D eigenvalue weighted by Gasteiger charge is -2.13. The second-order valence-electron chi connectivity index (χ2n) is 4.20. The minimum Gasteiger partial charge on any atom is -0.493 e. The molecule has 0 radical (unpaired) electrons. The van der Waals surface area contributed by atoms with Crippen molar-refractivity contribution in [1.29, 1.82) is 0 Å². The van der Waals surface area contributed by atoms with Gasteiger partial charge in [0.05, 0.1) is 16.5 Å². The summed E-state index contributed by atoms with van der Waals surface area (Å²) in [5.41, 5.74) is 6.77. The Hall–Kier alpha value is -2.28. The van der Waals surface area contributed by atoms with Crippen LogP contribution in [0.25, 0.3) is 0 Å². The third-order valence-corrected chi connectivity index (χ3v) is 3.48. The highest BCUT2D eigenvalue weighted by molar-refractivity contribution is 9.10. The van der Waals surface area contributed by atoms with E-state index in [1.54, 1.807) is 6.07 Å². The summed E-state index contributed by atoms with van der Waals surface area (Å²) in [6.07, 6.45) is 0. The van der Waals surface area contributed by atoms with Gasteiger partial charge >= 0.3 is 0 Å². The molecular formula is C14H13BrN2O4. The molecule has 2 aromatic carbocycles. The quantitative estimate of drug-likeness (QED) is 0.505. The van der Waals surface area contributed by atoms with Gasteiger partial charge in [0.15, 0.2) is 11.5 Å². The van der Waals surface area contributed by atoms with Crippen LogP contribution in [0.2, 0.25) is 0 Å². The van der Waals surface area contributed by atoms with Crippen molar-refractivity contribution in [2.45, 2.75) is 6.61 Å². The van der Waals surface area contributed by atoms with Crippen LogP contribution in [-0.2, 0) is 6.61 Å². The number of nitrogen functional groups attached to an aromatic ring is 1. The van der Waals surface area contributed by atoms with Gasteiger partial charge in [0.1, 0.15) is 6.61 Å². The summed E-state index contributed by atoms with van der Waals surface area (Å²) in [6.45, 7) is 0.104. The fourth-order valence-corrected chi connectivity index (χ4v) is 2.23. The van der Waals surface area contributed by atoms with Gasteiger partial charge in [0, 0.05) is 23.4 Å². The zero-order chi connectivity index (χ0) is 15.4. The molecule has 0 amide bonds. The lowest BCUT2D eigenvalue weighted by molar-refractivity contribution is -0.384. The first kappa shape index (κ1) is 15.1. The summed E-state index contributed by atoms with van der Waals surface area (Å²) < 4.78 is 11.6. The number of nitro groups is 1. The van der Waals surface area contributed by atoms with Gasteiger partial charge < -0.3 is 15.2 Å². The lowest BCUT2D eigenvalue weighted by Crippen LogP contribution is -2.03. The number of rotatable bonds is 5. The Morgan fingerprint density at radius 1 is 1.33 bits per heavy atom. The van der Waals surface area contributed by atoms with Crippen LogP contribution in [0.15, 0.2) is 40.9 Å². The topological polar surface area (TPSA) is 87.6 Å². The van der Waals surface area contributed by atoms with Crippen molar-refractivity contribution in [2.24, 2.45) is 0 Å². The molecule has 0 atom stereocenters. The van der Waals surface area contributed by atoms with Gasteiger partial charge in [-0.25, -0.2) is 0 Å². The highest BCUT2D eigenvalue weighted by Crippen LogP contribution is 2.35. The highest BCUT2D eigenvalue weighted by Gasteiger charge is 2.12. The van der Waals surface area contributed by atoms with Gasteiger partial charge in [-0.2, -0.15) is 0 Å². The fraction of sp³-hybridized carbons (Fsp3) is 0.143. The number of nitro benzene ring substituents is 1. The standard InChI is InChI=1S/C14H13BrN2O4/c1-20-13-4-2-3-11(15)14(13)21-8-9-7-10(17(18)19)5-6-12(9)16/h2-7H,8,16H2,1H3. The molecule has 0 bridgehead atoms. The third kappa shape index (κ3) is 3.43. The van der Waals surface area contributed by atoms with Gasteiger partial charge in [0.2, 0.25) is 0 Å². The predicted octanol–water partition coefficient (Wildman–Crippen LogP) is 3.53. The minimum absolute atomic E-state index is 0.0260. The Labute approximate surface area is 129 Å². The summed E-state index contributed by atoms with van der Waals surface area (Å²) in [7, 11) is 1.54. The predicted molar refractivity (Wildman–Crippen MR) is 82.5 cm³/mol. The second-order valence-corrected chi connectivity index (χ2v) is 5.05. The average Bonchev–Trinajstić information content (AvgIpc) is 2.47. The van der Waals surface area contributed by atoms with E-state index in [1.807, 2.05) is 12.1 Å². The lowest BCUT2D eigenvalue weighted by atomic mass is 10.1. The molecule has 0 aliphatic heterocycles. The van der Waals surface area contributed by atoms with Crippen molar-refractivity contribution in [3.05, 3.63) is 56.5 Å². The number of para-hydroxylation sites is 1. The summed E-state index contributed by atoms with van der Waals surface area (Å²) in [5, 5.41) is 10.8. The largest absolute Gasteiger partial charge is 0.493 e. The molecular weight excluding hydrogens is 340 g/mol. The summed E-state index contributed by atoms with van der Waals surface area (Å²) in [4.78, 5) is 10.3. The Balaban J connectivity index is 2.24. The Morgan fingerprint density at radius 2 is 2.10 bits per heavy atom. The van der Waals surface area contributed by atoms with E-state index in [2.05, 4.69) is 15.9 Å². The monoisotopic (exact) mass is 352 g/mol. The summed E-state index contributed by atoms with van der Waals surface area (Å²) in [6, 6.07) is 9.65. The van der Waals surface area contributed by atoms with E-state index in [0.29, 0.717) is 22.7 Å². The maximum atomic E-state index is 10.8. The number of nitrogens with zero attached hydrogens (tertiary/aromatic N) is 1. The van der Waals surface area contributed by atoms with Gasteiger partial charge in [-0.05, 0) is 34.1 Å². The molecule has 0 unspecified atom stereocenters. The zero-order valence-electron chi connectivity index (χ0n) is 11.2. The van der Waals surface area contributed by atoms with Crippen LogP contribution < -0.4 is 15.2 Å². The molecule has 21 heavy (non-hydrogen) atoms. The number of benzene rings is 2. The molecule has 0 saturated heterocycles. The Morgan fingerprint density at radius 3 is 2.76 bits per heavy atom. The molecule has 0 saturated carbocycles. The number of halogens is 1. The maximum Gasteiger partial charge on any atom is 0.269 e. The van der Waals surface area contributed by atoms with Crippen LogP contribution in [0.3, 0.4) is 0 Å². The van der Waals surface area contributed by atoms with E-state index < -0.39 is 4.92 Å². The van der Waals surface area contributed by atoms with E-state index in [-0.39, 0.29) is 12.3 Å². The van der Waals surface area contributed by atoms with Crippen LogP contribution in [0, 0.1) is 10.1 Å². The van der Waals surface area contributed by atoms with Gasteiger partial charge in [-0.3, -0.25) is 10.1 Å². The Kier molecular flexibility index (Phi) is 4.64. The number of anilines is 1. The molecule has 0 aliphatic rings. The number of nitrogens with two attached hydrogens (primary N) is 1. The molecule has 2 aromatic rings. The number of ether oxygens (including phenoxy) is 2. The normalized spacial score (nSPS) is 10.2. The maximum absolute atomic E-state index is 10.8. The van der Waals surface area contributed by atoms with E-state index in [1.165, 1.54) is 25.3 Å². The molecule has 2 N–H and O–H groups in total. The molecule has 0 aromatic heterocycles. The highest BCUT2D eigenvalue weighted by atomic mass is 79.9. The second kappa shape index (κ2) is 6.45.